The quantitative estimate of drug-likeness (QED) is 0.627. The number of hydrogen-bond donors (Lipinski definition) is 2. The summed E-state index contributed by atoms with van der Waals surface area (Å²) < 4.78 is 0. The Morgan fingerprint density at radius 1 is 1.54 bits per heavy atom. The van der Waals surface area contributed by atoms with Gasteiger partial charge in [-0.1, -0.05) is 20.8 Å². The molecule has 1 saturated heterocycles. The predicted octanol–water partition coefficient (Wildman–Crippen LogP) is 1.35. The lowest BCUT2D eigenvalue weighted by atomic mass is 9.94. The van der Waals surface area contributed by atoms with E-state index >= 15 is 0 Å². The zero-order chi connectivity index (χ0) is 17.9. The smallest absolute Gasteiger partial charge is 0.329 e. The van der Waals surface area contributed by atoms with Crippen molar-refractivity contribution in [3.8, 4) is 0 Å². The van der Waals surface area contributed by atoms with E-state index in [4.69, 9.17) is 5.73 Å². The molecule has 0 spiro atoms. The Hall–Kier alpha value is -2.45. The third-order valence-electron chi connectivity index (χ3n) is 4.02. The van der Waals surface area contributed by atoms with Crippen LogP contribution in [0.3, 0.4) is 0 Å². The summed E-state index contributed by atoms with van der Waals surface area (Å²) >= 11 is 0. The Labute approximate surface area is 140 Å². The fourth-order valence-corrected chi connectivity index (χ4v) is 2.59. The number of amides is 1. The van der Waals surface area contributed by atoms with E-state index in [9.17, 15) is 14.9 Å². The fourth-order valence-electron chi connectivity index (χ4n) is 2.59. The van der Waals surface area contributed by atoms with Gasteiger partial charge < -0.3 is 16.0 Å². The highest BCUT2D eigenvalue weighted by atomic mass is 16.6. The number of nitrogens with zero attached hydrogens (tertiary/aromatic N) is 4. The van der Waals surface area contributed by atoms with Gasteiger partial charge in [0.2, 0.25) is 17.7 Å². The lowest BCUT2D eigenvalue weighted by molar-refractivity contribution is -0.384. The lowest BCUT2D eigenvalue weighted by Crippen LogP contribution is -2.44. The maximum Gasteiger partial charge on any atom is 0.329 e. The van der Waals surface area contributed by atoms with Gasteiger partial charge >= 0.3 is 5.69 Å². The van der Waals surface area contributed by atoms with Gasteiger partial charge in [0.05, 0.1) is 4.92 Å². The number of nitrogens with two attached hydrogens (primary N) is 1. The van der Waals surface area contributed by atoms with Crippen LogP contribution < -0.4 is 16.0 Å². The molecule has 1 unspecified atom stereocenters. The lowest BCUT2D eigenvalue weighted by Gasteiger charge is -2.33. The standard InChI is InChI=1S/C15H24N6O3/c1-15(2,3)13(22)17-7-10-5-4-6-20(9-10)14-18-8-11(21(23)24)12(16)19-14/h8,10H,4-7,9H2,1-3H3,(H,17,22)(H2,16,18,19). The van der Waals surface area contributed by atoms with E-state index in [-0.39, 0.29) is 23.3 Å². The summed E-state index contributed by atoms with van der Waals surface area (Å²) in [7, 11) is 0. The molecule has 9 heteroatoms. The van der Waals surface area contributed by atoms with Crippen molar-refractivity contribution in [2.24, 2.45) is 11.3 Å². The summed E-state index contributed by atoms with van der Waals surface area (Å²) in [5.74, 6) is 0.568. The Bertz CT molecular complexity index is 628. The average Bonchev–Trinajstić information content (AvgIpc) is 2.51. The minimum atomic E-state index is -0.597. The van der Waals surface area contributed by atoms with Gasteiger partial charge in [-0.05, 0) is 18.8 Å². The Kier molecular flexibility index (Phi) is 5.20. The summed E-state index contributed by atoms with van der Waals surface area (Å²) in [5, 5.41) is 13.8. The largest absolute Gasteiger partial charge is 0.378 e. The molecule has 1 atom stereocenters. The number of carbonyl (C=O) groups is 1. The minimum Gasteiger partial charge on any atom is -0.378 e. The minimum absolute atomic E-state index is 0.0236. The molecular weight excluding hydrogens is 312 g/mol. The number of nitro groups is 1. The van der Waals surface area contributed by atoms with Crippen molar-refractivity contribution in [1.82, 2.24) is 15.3 Å². The van der Waals surface area contributed by atoms with E-state index in [1.807, 2.05) is 25.7 Å². The van der Waals surface area contributed by atoms with Crippen LogP contribution in [0.25, 0.3) is 0 Å². The van der Waals surface area contributed by atoms with Gasteiger partial charge in [0.15, 0.2) is 0 Å². The second-order valence-corrected chi connectivity index (χ2v) is 7.11. The molecule has 0 aromatic carbocycles. The summed E-state index contributed by atoms with van der Waals surface area (Å²) in [6, 6.07) is 0. The van der Waals surface area contributed by atoms with Crippen LogP contribution in [0.1, 0.15) is 33.6 Å². The molecule has 1 aliphatic rings. The van der Waals surface area contributed by atoms with Crippen molar-refractivity contribution in [2.45, 2.75) is 33.6 Å². The number of aromatic nitrogens is 2. The molecule has 0 saturated carbocycles. The summed E-state index contributed by atoms with van der Waals surface area (Å²) in [5.41, 5.74) is 4.93. The molecule has 3 N–H and O–H groups in total. The van der Waals surface area contributed by atoms with Gasteiger partial charge in [-0.25, -0.2) is 4.98 Å². The summed E-state index contributed by atoms with van der Waals surface area (Å²) in [4.78, 5) is 32.2. The maximum atomic E-state index is 12.0. The molecule has 9 nitrogen and oxygen atoms in total. The third-order valence-corrected chi connectivity index (χ3v) is 4.02. The first kappa shape index (κ1) is 17.9. The van der Waals surface area contributed by atoms with Crippen LogP contribution in [0.5, 0.6) is 0 Å². The van der Waals surface area contributed by atoms with E-state index in [0.29, 0.717) is 19.0 Å². The highest BCUT2D eigenvalue weighted by Gasteiger charge is 2.26. The van der Waals surface area contributed by atoms with Gasteiger partial charge in [0.1, 0.15) is 6.20 Å². The van der Waals surface area contributed by atoms with Gasteiger partial charge in [-0.3, -0.25) is 14.9 Å². The van der Waals surface area contributed by atoms with Crippen molar-refractivity contribution in [3.63, 3.8) is 0 Å². The SMILES string of the molecule is CC(C)(C)C(=O)NCC1CCCN(c2ncc([N+](=O)[O-])c(N)n2)C1. The third kappa shape index (κ3) is 4.30. The van der Waals surface area contributed by atoms with E-state index < -0.39 is 10.3 Å². The van der Waals surface area contributed by atoms with E-state index in [0.717, 1.165) is 25.6 Å². The molecule has 1 aromatic rings. The number of carbonyl (C=O) groups excluding carboxylic acids is 1. The van der Waals surface area contributed by atoms with Gasteiger partial charge in [0, 0.05) is 25.0 Å². The van der Waals surface area contributed by atoms with Crippen molar-refractivity contribution in [3.05, 3.63) is 16.3 Å². The molecule has 0 aliphatic carbocycles. The van der Waals surface area contributed by atoms with Crippen LogP contribution in [0.2, 0.25) is 0 Å². The van der Waals surface area contributed by atoms with E-state index in [1.165, 1.54) is 0 Å². The number of nitrogen functional groups attached to an aromatic ring is 1. The molecule has 1 amide bonds. The fraction of sp³-hybridized carbons (Fsp3) is 0.667. The Balaban J connectivity index is 1.99. The van der Waals surface area contributed by atoms with Crippen LogP contribution in [-0.4, -0.2) is 40.4 Å². The Morgan fingerprint density at radius 3 is 2.83 bits per heavy atom. The normalized spacial score (nSPS) is 18.3. The maximum absolute atomic E-state index is 12.0. The second-order valence-electron chi connectivity index (χ2n) is 7.11. The predicted molar refractivity (Wildman–Crippen MR) is 90.5 cm³/mol. The van der Waals surface area contributed by atoms with Gasteiger partial charge in [-0.2, -0.15) is 4.98 Å². The van der Waals surface area contributed by atoms with Crippen molar-refractivity contribution < 1.29 is 9.72 Å². The number of hydrogen-bond acceptors (Lipinski definition) is 7. The highest BCUT2D eigenvalue weighted by Crippen LogP contribution is 2.24. The zero-order valence-corrected chi connectivity index (χ0v) is 14.3. The topological polar surface area (TPSA) is 127 Å². The molecule has 1 aromatic heterocycles. The average molecular weight is 336 g/mol. The molecule has 24 heavy (non-hydrogen) atoms. The van der Waals surface area contributed by atoms with Crippen molar-refractivity contribution in [2.75, 3.05) is 30.3 Å². The first-order chi connectivity index (χ1) is 11.2. The molecule has 132 valence electrons. The molecule has 0 bridgehead atoms. The summed E-state index contributed by atoms with van der Waals surface area (Å²) in [6.07, 6.45) is 3.09. The molecule has 2 rings (SSSR count). The van der Waals surface area contributed by atoms with Crippen LogP contribution in [0.4, 0.5) is 17.5 Å². The van der Waals surface area contributed by atoms with Gasteiger partial charge in [-0.15, -0.1) is 0 Å². The summed E-state index contributed by atoms with van der Waals surface area (Å²) in [6.45, 7) is 7.67. The van der Waals surface area contributed by atoms with Crippen LogP contribution in [0, 0.1) is 21.4 Å². The van der Waals surface area contributed by atoms with Gasteiger partial charge in [0.25, 0.3) is 0 Å². The number of rotatable bonds is 4. The number of anilines is 2. The molecule has 1 aliphatic heterocycles. The van der Waals surface area contributed by atoms with Crippen LogP contribution in [0.15, 0.2) is 6.20 Å². The molecule has 0 radical (unpaired) electrons. The molecular formula is C15H24N6O3. The first-order valence-electron chi connectivity index (χ1n) is 7.98. The van der Waals surface area contributed by atoms with Crippen LogP contribution >= 0.6 is 0 Å². The Morgan fingerprint density at radius 2 is 2.25 bits per heavy atom. The second kappa shape index (κ2) is 6.98. The van der Waals surface area contributed by atoms with E-state index in [2.05, 4.69) is 15.3 Å². The monoisotopic (exact) mass is 336 g/mol. The van der Waals surface area contributed by atoms with Crippen LogP contribution in [-0.2, 0) is 4.79 Å². The molecule has 1 fully saturated rings. The van der Waals surface area contributed by atoms with Crippen molar-refractivity contribution >= 4 is 23.4 Å². The van der Waals surface area contributed by atoms with E-state index in [1.54, 1.807) is 0 Å². The number of nitrogens with one attached hydrogen (secondary N) is 1. The first-order valence-corrected chi connectivity index (χ1v) is 7.98. The number of piperidine rings is 1. The zero-order valence-electron chi connectivity index (χ0n) is 14.3. The van der Waals surface area contributed by atoms with Crippen molar-refractivity contribution in [1.29, 1.82) is 0 Å². The molecule has 2 heterocycles. The highest BCUT2D eigenvalue weighted by molar-refractivity contribution is 5.81.